The molecular weight excluding hydrogens is 262 g/mol. The van der Waals surface area contributed by atoms with Crippen molar-refractivity contribution in [3.05, 3.63) is 34.9 Å². The molecule has 1 amide bonds. The van der Waals surface area contributed by atoms with E-state index in [1.807, 2.05) is 45.0 Å². The molecule has 19 heavy (non-hydrogen) atoms. The van der Waals surface area contributed by atoms with Crippen LogP contribution in [0.5, 0.6) is 0 Å². The lowest BCUT2D eigenvalue weighted by atomic mass is 10.0. The minimum Gasteiger partial charge on any atom is -0.444 e. The number of nitrogens with one attached hydrogen (secondary N) is 1. The fraction of sp³-hybridized carbons (Fsp3) is 0.533. The first kappa shape index (κ1) is 15.8. The van der Waals surface area contributed by atoms with Crippen LogP contribution in [0.15, 0.2) is 24.3 Å². The molecule has 1 N–H and O–H groups in total. The molecule has 1 rings (SSSR count). The van der Waals surface area contributed by atoms with E-state index < -0.39 is 11.7 Å². The maximum absolute atomic E-state index is 11.8. The zero-order valence-corrected chi connectivity index (χ0v) is 12.8. The smallest absolute Gasteiger partial charge is 0.408 e. The Hall–Kier alpha value is -1.22. The van der Waals surface area contributed by atoms with Crippen molar-refractivity contribution < 1.29 is 9.53 Å². The van der Waals surface area contributed by atoms with Gasteiger partial charge in [-0.2, -0.15) is 0 Å². The molecule has 1 aromatic carbocycles. The number of hydrogen-bond acceptors (Lipinski definition) is 2. The van der Waals surface area contributed by atoms with Gasteiger partial charge in [-0.25, -0.2) is 4.79 Å². The molecule has 1 atom stereocenters. The van der Waals surface area contributed by atoms with Crippen molar-refractivity contribution in [3.63, 3.8) is 0 Å². The van der Waals surface area contributed by atoms with Crippen molar-refractivity contribution in [1.82, 2.24) is 5.32 Å². The summed E-state index contributed by atoms with van der Waals surface area (Å²) in [5, 5.41) is 3.57. The molecule has 4 heteroatoms. The maximum atomic E-state index is 11.8. The van der Waals surface area contributed by atoms with E-state index in [0.717, 1.165) is 18.4 Å². The molecule has 3 nitrogen and oxygen atoms in total. The van der Waals surface area contributed by atoms with Crippen molar-refractivity contribution in [2.24, 2.45) is 0 Å². The van der Waals surface area contributed by atoms with Gasteiger partial charge < -0.3 is 10.1 Å². The number of carbonyl (C=O) groups excluding carboxylic acids is 1. The first-order valence-electron chi connectivity index (χ1n) is 6.57. The molecule has 0 saturated carbocycles. The average molecular weight is 284 g/mol. The highest BCUT2D eigenvalue weighted by molar-refractivity contribution is 6.30. The summed E-state index contributed by atoms with van der Waals surface area (Å²) >= 11 is 5.99. The van der Waals surface area contributed by atoms with Crippen molar-refractivity contribution in [2.45, 2.75) is 52.2 Å². The lowest BCUT2D eigenvalue weighted by Crippen LogP contribution is -2.35. The molecule has 0 saturated heterocycles. The molecule has 0 spiro atoms. The van der Waals surface area contributed by atoms with Gasteiger partial charge in [-0.3, -0.25) is 0 Å². The van der Waals surface area contributed by atoms with E-state index in [1.165, 1.54) is 0 Å². The summed E-state index contributed by atoms with van der Waals surface area (Å²) < 4.78 is 5.28. The van der Waals surface area contributed by atoms with Gasteiger partial charge in [0.25, 0.3) is 0 Å². The van der Waals surface area contributed by atoms with Crippen LogP contribution >= 0.6 is 11.6 Å². The Labute approximate surface area is 120 Å². The van der Waals surface area contributed by atoms with Crippen molar-refractivity contribution in [1.29, 1.82) is 0 Å². The summed E-state index contributed by atoms with van der Waals surface area (Å²) in [5.41, 5.74) is 0.509. The highest BCUT2D eigenvalue weighted by Gasteiger charge is 2.20. The lowest BCUT2D eigenvalue weighted by Gasteiger charge is -2.23. The van der Waals surface area contributed by atoms with Gasteiger partial charge in [-0.1, -0.05) is 37.1 Å². The number of halogens is 1. The Bertz CT molecular complexity index is 426. The number of amides is 1. The highest BCUT2D eigenvalue weighted by atomic mass is 35.5. The van der Waals surface area contributed by atoms with Crippen LogP contribution in [0.2, 0.25) is 5.02 Å². The van der Waals surface area contributed by atoms with E-state index in [2.05, 4.69) is 12.2 Å². The number of benzene rings is 1. The third kappa shape index (κ3) is 5.97. The van der Waals surface area contributed by atoms with Crippen molar-refractivity contribution in [2.75, 3.05) is 0 Å². The van der Waals surface area contributed by atoms with E-state index in [9.17, 15) is 4.79 Å². The van der Waals surface area contributed by atoms with Crippen LogP contribution in [-0.2, 0) is 4.74 Å². The van der Waals surface area contributed by atoms with Crippen LogP contribution in [-0.4, -0.2) is 11.7 Å². The monoisotopic (exact) mass is 283 g/mol. The second-order valence-electron chi connectivity index (χ2n) is 5.54. The summed E-state index contributed by atoms with van der Waals surface area (Å²) in [5.74, 6) is 0. The van der Waals surface area contributed by atoms with Gasteiger partial charge in [0.2, 0.25) is 0 Å². The van der Waals surface area contributed by atoms with Crippen LogP contribution < -0.4 is 5.32 Å². The minimum atomic E-state index is -0.491. The molecule has 0 bridgehead atoms. The third-order valence-electron chi connectivity index (χ3n) is 2.52. The van der Waals surface area contributed by atoms with Crippen molar-refractivity contribution >= 4 is 17.7 Å². The fourth-order valence-electron chi connectivity index (χ4n) is 1.78. The Morgan fingerprint density at radius 1 is 1.42 bits per heavy atom. The highest BCUT2D eigenvalue weighted by Crippen LogP contribution is 2.22. The van der Waals surface area contributed by atoms with E-state index in [4.69, 9.17) is 16.3 Å². The summed E-state index contributed by atoms with van der Waals surface area (Å²) in [4.78, 5) is 11.8. The molecule has 0 fully saturated rings. The molecule has 1 aromatic rings. The van der Waals surface area contributed by atoms with Gasteiger partial charge in [-0.15, -0.1) is 0 Å². The molecule has 0 heterocycles. The topological polar surface area (TPSA) is 38.3 Å². The molecular formula is C15H22ClNO2. The van der Waals surface area contributed by atoms with Crippen molar-refractivity contribution in [3.8, 4) is 0 Å². The molecule has 0 radical (unpaired) electrons. The number of ether oxygens (including phenoxy) is 1. The van der Waals surface area contributed by atoms with E-state index in [1.54, 1.807) is 0 Å². The van der Waals surface area contributed by atoms with Gasteiger partial charge in [0.05, 0.1) is 6.04 Å². The molecule has 106 valence electrons. The third-order valence-corrected chi connectivity index (χ3v) is 2.75. The largest absolute Gasteiger partial charge is 0.444 e. The first-order chi connectivity index (χ1) is 8.81. The Morgan fingerprint density at radius 2 is 2.11 bits per heavy atom. The standard InChI is InChI=1S/C15H22ClNO2/c1-5-7-13(11-8-6-9-12(16)10-11)17-14(18)19-15(2,3)4/h6,8-10,13H,5,7H2,1-4H3,(H,17,18). The summed E-state index contributed by atoms with van der Waals surface area (Å²) in [6.07, 6.45) is 1.41. The summed E-state index contributed by atoms with van der Waals surface area (Å²) in [6.45, 7) is 7.62. The molecule has 0 aromatic heterocycles. The minimum absolute atomic E-state index is 0.0708. The van der Waals surface area contributed by atoms with E-state index >= 15 is 0 Å². The quantitative estimate of drug-likeness (QED) is 0.869. The van der Waals surface area contributed by atoms with Gasteiger partial charge in [0, 0.05) is 5.02 Å². The molecule has 0 aliphatic carbocycles. The number of hydrogen-bond donors (Lipinski definition) is 1. The van der Waals surface area contributed by atoms with Gasteiger partial charge >= 0.3 is 6.09 Å². The predicted molar refractivity (Wildman–Crippen MR) is 78.5 cm³/mol. The second kappa shape index (κ2) is 6.80. The average Bonchev–Trinajstić information content (AvgIpc) is 2.26. The van der Waals surface area contributed by atoms with Crippen LogP contribution in [0.4, 0.5) is 4.79 Å². The zero-order chi connectivity index (χ0) is 14.5. The molecule has 1 unspecified atom stereocenters. The molecule has 0 aliphatic rings. The first-order valence-corrected chi connectivity index (χ1v) is 6.94. The van der Waals surface area contributed by atoms with E-state index in [0.29, 0.717) is 5.02 Å². The lowest BCUT2D eigenvalue weighted by molar-refractivity contribution is 0.0501. The maximum Gasteiger partial charge on any atom is 0.408 e. The SMILES string of the molecule is CCCC(NC(=O)OC(C)(C)C)c1cccc(Cl)c1. The van der Waals surface area contributed by atoms with Gasteiger partial charge in [-0.05, 0) is 44.9 Å². The predicted octanol–water partition coefficient (Wildman–Crippen LogP) is 4.71. The van der Waals surface area contributed by atoms with Gasteiger partial charge in [0.1, 0.15) is 5.60 Å². The van der Waals surface area contributed by atoms with Crippen LogP contribution in [0.25, 0.3) is 0 Å². The van der Waals surface area contributed by atoms with Gasteiger partial charge in [0.15, 0.2) is 0 Å². The number of rotatable bonds is 4. The van der Waals surface area contributed by atoms with Crippen LogP contribution in [0.3, 0.4) is 0 Å². The molecule has 0 aliphatic heterocycles. The zero-order valence-electron chi connectivity index (χ0n) is 12.0. The van der Waals surface area contributed by atoms with Crippen LogP contribution in [0.1, 0.15) is 52.1 Å². The van der Waals surface area contributed by atoms with Crippen LogP contribution in [0, 0.1) is 0 Å². The Balaban J connectivity index is 2.76. The number of alkyl carbamates (subject to hydrolysis) is 1. The Kier molecular flexibility index (Phi) is 5.67. The summed E-state index contributed by atoms with van der Waals surface area (Å²) in [6, 6.07) is 7.47. The fourth-order valence-corrected chi connectivity index (χ4v) is 1.98. The summed E-state index contributed by atoms with van der Waals surface area (Å²) in [7, 11) is 0. The second-order valence-corrected chi connectivity index (χ2v) is 5.98. The Morgan fingerprint density at radius 3 is 2.63 bits per heavy atom. The normalized spacial score (nSPS) is 12.9. The number of carbonyl (C=O) groups is 1. The van der Waals surface area contributed by atoms with E-state index in [-0.39, 0.29) is 6.04 Å².